The Bertz CT molecular complexity index is 320. The summed E-state index contributed by atoms with van der Waals surface area (Å²) in [5, 5.41) is 11.9. The molecule has 0 unspecified atom stereocenters. The third-order valence-electron chi connectivity index (χ3n) is 2.63. The summed E-state index contributed by atoms with van der Waals surface area (Å²) in [5.74, 6) is 0.709. The highest BCUT2D eigenvalue weighted by Gasteiger charge is 2.02. The largest absolute Gasteiger partial charge is 0.384 e. The third kappa shape index (κ3) is 3.59. The van der Waals surface area contributed by atoms with Gasteiger partial charge in [0, 0.05) is 6.54 Å². The van der Waals surface area contributed by atoms with E-state index in [4.69, 9.17) is 5.26 Å². The van der Waals surface area contributed by atoms with Gasteiger partial charge in [0.05, 0.1) is 11.9 Å². The molecule has 0 fully saturated rings. The monoisotopic (exact) mass is 203 g/mol. The number of hydrogen-bond acceptors (Lipinski definition) is 3. The summed E-state index contributed by atoms with van der Waals surface area (Å²) in [5.41, 5.74) is 1.45. The molecule has 0 spiro atoms. The Labute approximate surface area is 91.1 Å². The van der Waals surface area contributed by atoms with Gasteiger partial charge in [0.15, 0.2) is 0 Å². The molecule has 1 rings (SSSR count). The first-order valence-electron chi connectivity index (χ1n) is 5.40. The van der Waals surface area contributed by atoms with Crippen LogP contribution >= 0.6 is 0 Å². The molecule has 1 aromatic heterocycles. The number of hydrogen-bond donors (Lipinski definition) is 1. The maximum Gasteiger partial charge on any atom is 0.140 e. The molecule has 0 saturated heterocycles. The Morgan fingerprint density at radius 3 is 2.60 bits per heavy atom. The summed E-state index contributed by atoms with van der Waals surface area (Å²) in [6, 6.07) is 5.63. The van der Waals surface area contributed by atoms with E-state index in [1.165, 1.54) is 12.8 Å². The van der Waals surface area contributed by atoms with Crippen molar-refractivity contribution in [2.45, 2.75) is 26.7 Å². The molecule has 0 saturated carbocycles. The van der Waals surface area contributed by atoms with E-state index in [2.05, 4.69) is 24.1 Å². The van der Waals surface area contributed by atoms with Gasteiger partial charge in [-0.2, -0.15) is 5.26 Å². The van der Waals surface area contributed by atoms with Crippen LogP contribution in [0.1, 0.15) is 32.4 Å². The maximum atomic E-state index is 8.59. The van der Waals surface area contributed by atoms with Crippen LogP contribution < -0.4 is 5.32 Å². The van der Waals surface area contributed by atoms with Crippen LogP contribution in [0, 0.1) is 17.2 Å². The zero-order valence-corrected chi connectivity index (χ0v) is 9.33. The molecule has 80 valence electrons. The van der Waals surface area contributed by atoms with Gasteiger partial charge in [-0.3, -0.25) is 0 Å². The molecule has 0 atom stereocenters. The van der Waals surface area contributed by atoms with E-state index in [0.717, 1.165) is 12.2 Å². The Hall–Kier alpha value is -1.56. The van der Waals surface area contributed by atoms with E-state index in [1.807, 2.05) is 12.1 Å². The summed E-state index contributed by atoms with van der Waals surface area (Å²) >= 11 is 0. The summed E-state index contributed by atoms with van der Waals surface area (Å²) in [6.07, 6.45) is 4.08. The highest BCUT2D eigenvalue weighted by Crippen LogP contribution is 2.10. The number of rotatable bonds is 5. The molecule has 0 amide bonds. The van der Waals surface area contributed by atoms with E-state index in [0.29, 0.717) is 11.6 Å². The van der Waals surface area contributed by atoms with Crippen molar-refractivity contribution in [3.05, 3.63) is 24.0 Å². The fourth-order valence-corrected chi connectivity index (χ4v) is 1.40. The predicted octanol–water partition coefficient (Wildman–Crippen LogP) is 2.80. The number of nitrogens with one attached hydrogen (secondary N) is 1. The van der Waals surface area contributed by atoms with E-state index in [9.17, 15) is 0 Å². The minimum atomic E-state index is 0.461. The van der Waals surface area contributed by atoms with Gasteiger partial charge in [0.2, 0.25) is 0 Å². The van der Waals surface area contributed by atoms with Gasteiger partial charge < -0.3 is 5.32 Å². The third-order valence-corrected chi connectivity index (χ3v) is 2.63. The molecule has 0 aromatic carbocycles. The second-order valence-corrected chi connectivity index (χ2v) is 3.61. The SMILES string of the molecule is CCC(CC)CNc1ccc(C#N)nc1. The van der Waals surface area contributed by atoms with Gasteiger partial charge in [-0.15, -0.1) is 0 Å². The fourth-order valence-electron chi connectivity index (χ4n) is 1.40. The topological polar surface area (TPSA) is 48.7 Å². The van der Waals surface area contributed by atoms with Gasteiger partial charge in [0.1, 0.15) is 11.8 Å². The van der Waals surface area contributed by atoms with Crippen LogP contribution in [0.5, 0.6) is 0 Å². The summed E-state index contributed by atoms with van der Waals surface area (Å²) < 4.78 is 0. The average molecular weight is 203 g/mol. The smallest absolute Gasteiger partial charge is 0.140 e. The minimum Gasteiger partial charge on any atom is -0.384 e. The zero-order valence-electron chi connectivity index (χ0n) is 9.33. The van der Waals surface area contributed by atoms with E-state index >= 15 is 0 Å². The lowest BCUT2D eigenvalue weighted by atomic mass is 10.0. The summed E-state index contributed by atoms with van der Waals surface area (Å²) in [6.45, 7) is 5.38. The van der Waals surface area contributed by atoms with Crippen molar-refractivity contribution >= 4 is 5.69 Å². The first kappa shape index (κ1) is 11.5. The maximum absolute atomic E-state index is 8.59. The molecular weight excluding hydrogens is 186 g/mol. The second kappa shape index (κ2) is 6.02. The van der Waals surface area contributed by atoms with E-state index in [-0.39, 0.29) is 0 Å². The van der Waals surface area contributed by atoms with Crippen LogP contribution in [0.4, 0.5) is 5.69 Å². The number of nitrogens with zero attached hydrogens (tertiary/aromatic N) is 2. The summed E-state index contributed by atoms with van der Waals surface area (Å²) in [4.78, 5) is 4.00. The van der Waals surface area contributed by atoms with Crippen LogP contribution in [0.25, 0.3) is 0 Å². The van der Waals surface area contributed by atoms with Crippen LogP contribution in [0.15, 0.2) is 18.3 Å². The van der Waals surface area contributed by atoms with Crippen LogP contribution in [-0.2, 0) is 0 Å². The first-order chi connectivity index (χ1) is 7.30. The van der Waals surface area contributed by atoms with Crippen LogP contribution in [-0.4, -0.2) is 11.5 Å². The molecule has 3 heteroatoms. The molecule has 0 aliphatic carbocycles. The molecule has 0 aliphatic heterocycles. The van der Waals surface area contributed by atoms with Crippen molar-refractivity contribution in [1.82, 2.24) is 4.98 Å². The average Bonchev–Trinajstić information content (AvgIpc) is 2.31. The van der Waals surface area contributed by atoms with Crippen molar-refractivity contribution in [3.63, 3.8) is 0 Å². The first-order valence-corrected chi connectivity index (χ1v) is 5.40. The number of pyridine rings is 1. The molecule has 1 aromatic rings. The number of nitriles is 1. The zero-order chi connectivity index (χ0) is 11.1. The highest BCUT2D eigenvalue weighted by atomic mass is 14.9. The minimum absolute atomic E-state index is 0.461. The van der Waals surface area contributed by atoms with Crippen molar-refractivity contribution < 1.29 is 0 Å². The molecule has 1 N–H and O–H groups in total. The molecule has 15 heavy (non-hydrogen) atoms. The van der Waals surface area contributed by atoms with Gasteiger partial charge in [0.25, 0.3) is 0 Å². The van der Waals surface area contributed by atoms with E-state index in [1.54, 1.807) is 12.3 Å². The Balaban J connectivity index is 2.48. The van der Waals surface area contributed by atoms with Crippen molar-refractivity contribution in [3.8, 4) is 6.07 Å². The molecule has 0 bridgehead atoms. The lowest BCUT2D eigenvalue weighted by Crippen LogP contribution is -2.12. The molecule has 3 nitrogen and oxygen atoms in total. The fraction of sp³-hybridized carbons (Fsp3) is 0.500. The molecule has 1 heterocycles. The molecule has 0 aliphatic rings. The molecule has 0 radical (unpaired) electrons. The standard InChI is InChI=1S/C12H17N3/c1-3-10(4-2)8-14-12-6-5-11(7-13)15-9-12/h5-6,9-10,14H,3-4,8H2,1-2H3. The van der Waals surface area contributed by atoms with Gasteiger partial charge in [-0.1, -0.05) is 26.7 Å². The second-order valence-electron chi connectivity index (χ2n) is 3.61. The normalized spacial score (nSPS) is 10.0. The van der Waals surface area contributed by atoms with Gasteiger partial charge in [-0.05, 0) is 18.1 Å². The van der Waals surface area contributed by atoms with E-state index < -0.39 is 0 Å². The Kier molecular flexibility index (Phi) is 4.62. The lowest BCUT2D eigenvalue weighted by molar-refractivity contribution is 0.519. The quantitative estimate of drug-likeness (QED) is 0.800. The Morgan fingerprint density at radius 2 is 2.13 bits per heavy atom. The molecular formula is C12H17N3. The highest BCUT2D eigenvalue weighted by molar-refractivity contribution is 5.42. The van der Waals surface area contributed by atoms with Crippen LogP contribution in [0.2, 0.25) is 0 Å². The summed E-state index contributed by atoms with van der Waals surface area (Å²) in [7, 11) is 0. The van der Waals surface area contributed by atoms with Crippen molar-refractivity contribution in [2.75, 3.05) is 11.9 Å². The number of anilines is 1. The predicted molar refractivity (Wildman–Crippen MR) is 61.5 cm³/mol. The van der Waals surface area contributed by atoms with Crippen molar-refractivity contribution in [1.29, 1.82) is 5.26 Å². The van der Waals surface area contributed by atoms with Gasteiger partial charge >= 0.3 is 0 Å². The lowest BCUT2D eigenvalue weighted by Gasteiger charge is -2.13. The number of aromatic nitrogens is 1. The van der Waals surface area contributed by atoms with Crippen LogP contribution in [0.3, 0.4) is 0 Å². The van der Waals surface area contributed by atoms with Gasteiger partial charge in [-0.25, -0.2) is 4.98 Å². The van der Waals surface area contributed by atoms with Crippen molar-refractivity contribution in [2.24, 2.45) is 5.92 Å². The Morgan fingerprint density at radius 1 is 1.40 bits per heavy atom.